The van der Waals surface area contributed by atoms with E-state index in [1.54, 1.807) is 0 Å². The molecule has 1 aromatic heterocycles. The van der Waals surface area contributed by atoms with E-state index >= 15 is 0 Å². The quantitative estimate of drug-likeness (QED) is 0.115. The van der Waals surface area contributed by atoms with Gasteiger partial charge < -0.3 is 19.5 Å². The molecule has 0 atom stereocenters. The van der Waals surface area contributed by atoms with Crippen LogP contribution in [0, 0.1) is 0 Å². The SMILES string of the molecule is c1ccc(COc2ccc(CCOCCCCCNc3c4c(nc5ccccc35)CCCC4)cc2OCc2ccccc2)cc1. The lowest BCUT2D eigenvalue weighted by Crippen LogP contribution is -2.12. The lowest BCUT2D eigenvalue weighted by molar-refractivity contribution is 0.133. The van der Waals surface area contributed by atoms with Crippen LogP contribution in [0.15, 0.2) is 103 Å². The second kappa shape index (κ2) is 16.1. The first-order chi connectivity index (χ1) is 22.3. The molecular formula is C40H44N2O3. The van der Waals surface area contributed by atoms with Gasteiger partial charge >= 0.3 is 0 Å². The van der Waals surface area contributed by atoms with Gasteiger partial charge in [-0.2, -0.15) is 0 Å². The number of pyridine rings is 1. The molecular weight excluding hydrogens is 556 g/mol. The number of hydrogen-bond acceptors (Lipinski definition) is 5. The van der Waals surface area contributed by atoms with Gasteiger partial charge in [-0.15, -0.1) is 0 Å². The van der Waals surface area contributed by atoms with Crippen LogP contribution < -0.4 is 14.8 Å². The average molecular weight is 601 g/mol. The fourth-order valence-corrected chi connectivity index (χ4v) is 6.00. The Balaban J connectivity index is 0.945. The van der Waals surface area contributed by atoms with Gasteiger partial charge in [0, 0.05) is 29.9 Å². The summed E-state index contributed by atoms with van der Waals surface area (Å²) < 4.78 is 18.5. The number of anilines is 1. The minimum absolute atomic E-state index is 0.497. The van der Waals surface area contributed by atoms with E-state index in [9.17, 15) is 0 Å². The molecule has 1 heterocycles. The van der Waals surface area contributed by atoms with E-state index in [1.807, 2.05) is 42.5 Å². The molecule has 0 radical (unpaired) electrons. The van der Waals surface area contributed by atoms with Gasteiger partial charge in [0.05, 0.1) is 12.1 Å². The zero-order valence-corrected chi connectivity index (χ0v) is 26.2. The summed E-state index contributed by atoms with van der Waals surface area (Å²) in [6.45, 7) is 3.45. The van der Waals surface area contributed by atoms with Gasteiger partial charge in [0.1, 0.15) is 13.2 Å². The van der Waals surface area contributed by atoms with Crippen molar-refractivity contribution in [1.29, 1.82) is 0 Å². The summed E-state index contributed by atoms with van der Waals surface area (Å²) in [5.41, 5.74) is 8.59. The highest BCUT2D eigenvalue weighted by molar-refractivity contribution is 5.93. The first-order valence-electron chi connectivity index (χ1n) is 16.5. The molecule has 0 unspecified atom stereocenters. The predicted octanol–water partition coefficient (Wildman–Crippen LogP) is 9.11. The van der Waals surface area contributed by atoms with E-state index in [1.165, 1.54) is 40.7 Å². The Hall–Kier alpha value is -4.35. The Morgan fingerprint density at radius 3 is 2.13 bits per heavy atom. The Morgan fingerprint density at radius 1 is 0.622 bits per heavy atom. The Kier molecular flexibility index (Phi) is 11.0. The van der Waals surface area contributed by atoms with E-state index in [2.05, 4.69) is 66.0 Å². The lowest BCUT2D eigenvalue weighted by Gasteiger charge is -2.21. The van der Waals surface area contributed by atoms with Crippen molar-refractivity contribution in [3.63, 3.8) is 0 Å². The number of rotatable bonds is 16. The predicted molar refractivity (Wildman–Crippen MR) is 183 cm³/mol. The van der Waals surface area contributed by atoms with Crippen LogP contribution in [0.3, 0.4) is 0 Å². The molecule has 0 spiro atoms. The average Bonchev–Trinajstić information content (AvgIpc) is 3.10. The summed E-state index contributed by atoms with van der Waals surface area (Å²) in [5, 5.41) is 5.04. The summed E-state index contributed by atoms with van der Waals surface area (Å²) >= 11 is 0. The highest BCUT2D eigenvalue weighted by atomic mass is 16.5. The van der Waals surface area contributed by atoms with E-state index < -0.39 is 0 Å². The topological polar surface area (TPSA) is 52.6 Å². The van der Waals surface area contributed by atoms with Crippen molar-refractivity contribution in [3.05, 3.63) is 131 Å². The van der Waals surface area contributed by atoms with E-state index in [-0.39, 0.29) is 0 Å². The lowest BCUT2D eigenvalue weighted by atomic mass is 9.92. The molecule has 5 heteroatoms. The zero-order chi connectivity index (χ0) is 30.5. The van der Waals surface area contributed by atoms with E-state index in [4.69, 9.17) is 19.2 Å². The third kappa shape index (κ3) is 8.64. The van der Waals surface area contributed by atoms with E-state index in [0.29, 0.717) is 19.8 Å². The molecule has 5 nitrogen and oxygen atoms in total. The maximum atomic E-state index is 6.25. The molecule has 4 aromatic carbocycles. The number of ether oxygens (including phenoxy) is 3. The van der Waals surface area contributed by atoms with Crippen LogP contribution in [-0.2, 0) is 37.2 Å². The molecule has 1 aliphatic carbocycles. The summed E-state index contributed by atoms with van der Waals surface area (Å²) in [6, 6.07) is 35.2. The van der Waals surface area contributed by atoms with Crippen LogP contribution >= 0.6 is 0 Å². The standard InChI is InChI=1S/C40H44N2O3/c1-4-14-32(15-5-1)29-44-38-23-22-31(28-39(38)45-30-33-16-6-2-7-17-33)24-27-43-26-13-3-12-25-41-40-34-18-8-10-20-36(34)42-37-21-11-9-19-35(37)40/h1-2,4-8,10,14-18,20,22-23,28H,3,9,11-13,19,21,24-27,29-30H2,(H,41,42). The maximum Gasteiger partial charge on any atom is 0.161 e. The van der Waals surface area contributed by atoms with Crippen molar-refractivity contribution >= 4 is 16.6 Å². The second-order valence-electron chi connectivity index (χ2n) is 11.8. The van der Waals surface area contributed by atoms with Crippen LogP contribution in [0.5, 0.6) is 11.5 Å². The number of aromatic nitrogens is 1. The van der Waals surface area contributed by atoms with Crippen LogP contribution in [-0.4, -0.2) is 24.7 Å². The zero-order valence-electron chi connectivity index (χ0n) is 26.2. The highest BCUT2D eigenvalue weighted by Crippen LogP contribution is 2.33. The fourth-order valence-electron chi connectivity index (χ4n) is 6.00. The Bertz CT molecular complexity index is 1640. The molecule has 0 saturated carbocycles. The third-order valence-electron chi connectivity index (χ3n) is 8.45. The highest BCUT2D eigenvalue weighted by Gasteiger charge is 2.17. The molecule has 5 aromatic rings. The number of benzene rings is 4. The molecule has 232 valence electrons. The molecule has 0 fully saturated rings. The molecule has 45 heavy (non-hydrogen) atoms. The van der Waals surface area contributed by atoms with E-state index in [0.717, 1.165) is 79.8 Å². The molecule has 0 aliphatic heterocycles. The minimum Gasteiger partial charge on any atom is -0.485 e. The van der Waals surface area contributed by atoms with Gasteiger partial charge in [-0.25, -0.2) is 0 Å². The molecule has 6 rings (SSSR count). The van der Waals surface area contributed by atoms with Crippen LogP contribution in [0.2, 0.25) is 0 Å². The van der Waals surface area contributed by atoms with Crippen molar-refractivity contribution in [1.82, 2.24) is 4.98 Å². The van der Waals surface area contributed by atoms with Gasteiger partial charge in [-0.1, -0.05) is 84.9 Å². The Labute approximate surface area is 267 Å². The maximum absolute atomic E-state index is 6.25. The fraction of sp³-hybridized carbons (Fsp3) is 0.325. The van der Waals surface area contributed by atoms with Crippen molar-refractivity contribution in [2.45, 2.75) is 64.6 Å². The smallest absolute Gasteiger partial charge is 0.161 e. The van der Waals surface area contributed by atoms with Crippen molar-refractivity contribution < 1.29 is 14.2 Å². The van der Waals surface area contributed by atoms with Gasteiger partial charge in [0.25, 0.3) is 0 Å². The number of nitrogens with one attached hydrogen (secondary N) is 1. The van der Waals surface area contributed by atoms with Crippen LogP contribution in [0.4, 0.5) is 5.69 Å². The Morgan fingerprint density at radius 2 is 1.33 bits per heavy atom. The monoisotopic (exact) mass is 600 g/mol. The molecule has 0 bridgehead atoms. The summed E-state index contributed by atoms with van der Waals surface area (Å²) in [5.74, 6) is 1.52. The first-order valence-corrected chi connectivity index (χ1v) is 16.5. The number of unbranched alkanes of at least 4 members (excludes halogenated alkanes) is 2. The molecule has 1 aliphatic rings. The molecule has 0 saturated heterocycles. The summed E-state index contributed by atoms with van der Waals surface area (Å²) in [6.07, 6.45) is 8.90. The molecule has 0 amide bonds. The van der Waals surface area contributed by atoms with Gasteiger partial charge in [0.2, 0.25) is 0 Å². The summed E-state index contributed by atoms with van der Waals surface area (Å²) in [7, 11) is 0. The van der Waals surface area contributed by atoms with Crippen molar-refractivity contribution in [2.24, 2.45) is 0 Å². The normalized spacial score (nSPS) is 12.5. The van der Waals surface area contributed by atoms with Gasteiger partial charge in [-0.05, 0) is 91.8 Å². The number of para-hydroxylation sites is 1. The van der Waals surface area contributed by atoms with Crippen molar-refractivity contribution in [2.75, 3.05) is 25.1 Å². The number of fused-ring (bicyclic) bond motifs is 2. The van der Waals surface area contributed by atoms with Crippen molar-refractivity contribution in [3.8, 4) is 11.5 Å². The summed E-state index contributed by atoms with van der Waals surface area (Å²) in [4.78, 5) is 4.97. The molecule has 1 N–H and O–H groups in total. The minimum atomic E-state index is 0.497. The number of hydrogen-bond donors (Lipinski definition) is 1. The number of aryl methyl sites for hydroxylation is 1. The first kappa shape index (κ1) is 30.7. The van der Waals surface area contributed by atoms with Crippen LogP contribution in [0.25, 0.3) is 10.9 Å². The third-order valence-corrected chi connectivity index (χ3v) is 8.45. The second-order valence-corrected chi connectivity index (χ2v) is 11.8. The largest absolute Gasteiger partial charge is 0.485 e. The van der Waals surface area contributed by atoms with Gasteiger partial charge in [0.15, 0.2) is 11.5 Å². The number of nitrogens with zero attached hydrogens (tertiary/aromatic N) is 1. The van der Waals surface area contributed by atoms with Gasteiger partial charge in [-0.3, -0.25) is 4.98 Å². The van der Waals surface area contributed by atoms with Crippen LogP contribution in [0.1, 0.15) is 60.1 Å².